The second kappa shape index (κ2) is 9.54. The van der Waals surface area contributed by atoms with Gasteiger partial charge in [-0.25, -0.2) is 0 Å². The lowest BCUT2D eigenvalue weighted by Crippen LogP contribution is -2.52. The molecular weight excluding hydrogens is 433 g/mol. The number of hydrogen-bond acceptors (Lipinski definition) is 6. The molecule has 1 aliphatic rings. The molecule has 2 aromatic carbocycles. The van der Waals surface area contributed by atoms with Gasteiger partial charge in [0, 0.05) is 43.6 Å². The van der Waals surface area contributed by atoms with Crippen molar-refractivity contribution in [3.05, 3.63) is 58.6 Å². The lowest BCUT2D eigenvalue weighted by atomic mass is 10.2. The number of nitrogens with one attached hydrogen (secondary N) is 1. The number of nitrogens with zero attached hydrogens (tertiary/aromatic N) is 3. The minimum absolute atomic E-state index is 0.0221. The molecule has 0 aliphatic carbocycles. The lowest BCUT2D eigenvalue weighted by molar-refractivity contribution is -0.385. The van der Waals surface area contributed by atoms with Crippen LogP contribution >= 0.6 is 0 Å². The number of benzene rings is 2. The first-order valence-corrected chi connectivity index (χ1v) is 9.52. The zero-order valence-electron chi connectivity index (χ0n) is 16.7. The van der Waals surface area contributed by atoms with Crippen LogP contribution in [0.15, 0.2) is 48.5 Å². The molecule has 32 heavy (non-hydrogen) atoms. The number of rotatable bonds is 6. The first-order chi connectivity index (χ1) is 15.1. The van der Waals surface area contributed by atoms with E-state index in [4.69, 9.17) is 4.74 Å². The smallest absolute Gasteiger partial charge is 0.471 e. The normalized spacial score (nSPS) is 14.1. The van der Waals surface area contributed by atoms with E-state index in [2.05, 4.69) is 5.32 Å². The summed E-state index contributed by atoms with van der Waals surface area (Å²) in [6.45, 7) is -0.0180. The minimum atomic E-state index is -4.88. The van der Waals surface area contributed by atoms with Crippen molar-refractivity contribution in [3.63, 3.8) is 0 Å². The molecule has 12 heteroatoms. The first kappa shape index (κ1) is 22.8. The topological polar surface area (TPSA) is 105 Å². The number of amides is 2. The number of alkyl halides is 3. The molecule has 170 valence electrons. The zero-order valence-corrected chi connectivity index (χ0v) is 16.7. The Morgan fingerprint density at radius 3 is 2.25 bits per heavy atom. The highest BCUT2D eigenvalue weighted by atomic mass is 19.4. The van der Waals surface area contributed by atoms with Crippen LogP contribution in [0.3, 0.4) is 0 Å². The third-order valence-electron chi connectivity index (χ3n) is 4.75. The van der Waals surface area contributed by atoms with Crippen LogP contribution in [0.2, 0.25) is 0 Å². The van der Waals surface area contributed by atoms with Gasteiger partial charge in [0.05, 0.1) is 4.92 Å². The number of halogens is 3. The van der Waals surface area contributed by atoms with Crippen LogP contribution < -0.4 is 15.0 Å². The average molecular weight is 452 g/mol. The highest BCUT2D eigenvalue weighted by Gasteiger charge is 2.43. The van der Waals surface area contributed by atoms with Gasteiger partial charge >= 0.3 is 17.8 Å². The van der Waals surface area contributed by atoms with E-state index < -0.39 is 29.5 Å². The Morgan fingerprint density at radius 2 is 1.66 bits per heavy atom. The van der Waals surface area contributed by atoms with E-state index in [1.807, 2.05) is 4.90 Å². The van der Waals surface area contributed by atoms with Gasteiger partial charge in [0.2, 0.25) is 0 Å². The summed E-state index contributed by atoms with van der Waals surface area (Å²) in [6, 6.07) is 12.3. The summed E-state index contributed by atoms with van der Waals surface area (Å²) in [4.78, 5) is 36.4. The van der Waals surface area contributed by atoms with Crippen molar-refractivity contribution >= 4 is 28.9 Å². The molecule has 1 fully saturated rings. The highest BCUT2D eigenvalue weighted by molar-refractivity contribution is 5.92. The van der Waals surface area contributed by atoms with Crippen molar-refractivity contribution in [2.24, 2.45) is 0 Å². The number of ether oxygens (including phenoxy) is 1. The van der Waals surface area contributed by atoms with E-state index in [-0.39, 0.29) is 37.6 Å². The predicted octanol–water partition coefficient (Wildman–Crippen LogP) is 2.82. The van der Waals surface area contributed by atoms with E-state index in [9.17, 15) is 32.9 Å². The molecule has 0 aromatic heterocycles. The number of hydrogen-bond donors (Lipinski definition) is 1. The van der Waals surface area contributed by atoms with Gasteiger partial charge in [-0.1, -0.05) is 12.1 Å². The maximum atomic E-state index is 12.5. The molecule has 1 aliphatic heterocycles. The Balaban J connectivity index is 1.50. The molecule has 1 N–H and O–H groups in total. The van der Waals surface area contributed by atoms with Gasteiger partial charge in [-0.2, -0.15) is 13.2 Å². The van der Waals surface area contributed by atoms with E-state index in [0.29, 0.717) is 5.69 Å². The van der Waals surface area contributed by atoms with E-state index in [1.54, 1.807) is 30.3 Å². The fourth-order valence-corrected chi connectivity index (χ4v) is 3.17. The quantitative estimate of drug-likeness (QED) is 0.534. The van der Waals surface area contributed by atoms with Gasteiger partial charge in [0.15, 0.2) is 12.4 Å². The number of nitro groups is 1. The molecule has 3 rings (SSSR count). The van der Waals surface area contributed by atoms with Gasteiger partial charge in [0.1, 0.15) is 0 Å². The van der Waals surface area contributed by atoms with E-state index in [1.165, 1.54) is 18.2 Å². The van der Waals surface area contributed by atoms with Crippen LogP contribution in [0.25, 0.3) is 0 Å². The second-order valence-electron chi connectivity index (χ2n) is 6.89. The van der Waals surface area contributed by atoms with E-state index in [0.717, 1.165) is 10.6 Å². The summed E-state index contributed by atoms with van der Waals surface area (Å²) < 4.78 is 42.8. The summed E-state index contributed by atoms with van der Waals surface area (Å²) in [7, 11) is 0. The predicted molar refractivity (Wildman–Crippen MR) is 109 cm³/mol. The Morgan fingerprint density at radius 1 is 1.03 bits per heavy atom. The van der Waals surface area contributed by atoms with E-state index >= 15 is 0 Å². The summed E-state index contributed by atoms with van der Waals surface area (Å²) >= 11 is 0. The van der Waals surface area contributed by atoms with Crippen LogP contribution in [-0.2, 0) is 9.59 Å². The molecule has 9 nitrogen and oxygen atoms in total. The van der Waals surface area contributed by atoms with Crippen LogP contribution in [0.5, 0.6) is 5.75 Å². The van der Waals surface area contributed by atoms with Crippen LogP contribution in [0.1, 0.15) is 0 Å². The Labute approximate surface area is 180 Å². The number of carbonyl (C=O) groups is 2. The molecule has 0 spiro atoms. The van der Waals surface area contributed by atoms with Crippen molar-refractivity contribution in [2.45, 2.75) is 6.18 Å². The molecule has 1 heterocycles. The fourth-order valence-electron chi connectivity index (χ4n) is 3.17. The highest BCUT2D eigenvalue weighted by Crippen LogP contribution is 2.26. The van der Waals surface area contributed by atoms with Crippen molar-refractivity contribution in [3.8, 4) is 5.75 Å². The van der Waals surface area contributed by atoms with Crippen LogP contribution in [0, 0.1) is 10.1 Å². The summed E-state index contributed by atoms with van der Waals surface area (Å²) in [5.74, 6) is -2.38. The standard InChI is InChI=1S/C20H19F3N4O5/c21-20(22,23)19(29)26-11-9-25(10-12-26)15-7-5-14(6-8-15)24-18(28)13-32-17-4-2-1-3-16(17)27(30)31/h1-8H,9-13H2,(H,24,28). The molecule has 0 radical (unpaired) electrons. The SMILES string of the molecule is O=C(COc1ccccc1[N+](=O)[O-])Nc1ccc(N2CCN(C(=O)C(F)(F)F)CC2)cc1. The van der Waals surface area contributed by atoms with Crippen LogP contribution in [-0.4, -0.2) is 60.6 Å². The van der Waals surface area contributed by atoms with Crippen molar-refractivity contribution in [1.29, 1.82) is 0 Å². The number of para-hydroxylation sites is 2. The second-order valence-corrected chi connectivity index (χ2v) is 6.89. The van der Waals surface area contributed by atoms with Gasteiger partial charge in [-0.05, 0) is 30.3 Å². The summed E-state index contributed by atoms with van der Waals surface area (Å²) in [5, 5.41) is 13.6. The molecule has 0 saturated carbocycles. The Hall–Kier alpha value is -3.83. The third-order valence-corrected chi connectivity index (χ3v) is 4.75. The first-order valence-electron chi connectivity index (χ1n) is 9.52. The van der Waals surface area contributed by atoms with Gasteiger partial charge in [0.25, 0.3) is 5.91 Å². The Bertz CT molecular complexity index is 989. The van der Waals surface area contributed by atoms with Crippen molar-refractivity contribution in [1.82, 2.24) is 4.90 Å². The van der Waals surface area contributed by atoms with Crippen LogP contribution in [0.4, 0.5) is 30.2 Å². The lowest BCUT2D eigenvalue weighted by Gasteiger charge is -2.36. The van der Waals surface area contributed by atoms with Gasteiger partial charge in [-0.3, -0.25) is 19.7 Å². The molecule has 0 atom stereocenters. The minimum Gasteiger partial charge on any atom is -0.477 e. The van der Waals surface area contributed by atoms with Crippen molar-refractivity contribution < 1.29 is 32.4 Å². The molecule has 2 amide bonds. The number of piperazine rings is 1. The number of anilines is 2. The zero-order chi connectivity index (χ0) is 23.3. The molecule has 2 aromatic rings. The Kier molecular flexibility index (Phi) is 6.81. The van der Waals surface area contributed by atoms with Gasteiger partial charge < -0.3 is 19.9 Å². The maximum absolute atomic E-state index is 12.5. The molecule has 0 unspecified atom stereocenters. The van der Waals surface area contributed by atoms with Crippen molar-refractivity contribution in [2.75, 3.05) is 43.0 Å². The molecule has 1 saturated heterocycles. The summed E-state index contributed by atoms with van der Waals surface area (Å²) in [5.41, 5.74) is 0.941. The largest absolute Gasteiger partial charge is 0.477 e. The third kappa shape index (κ3) is 5.65. The molecular formula is C20H19F3N4O5. The maximum Gasteiger partial charge on any atom is 0.471 e. The van der Waals surface area contributed by atoms with Gasteiger partial charge in [-0.15, -0.1) is 0 Å². The number of nitro benzene ring substituents is 1. The molecule has 0 bridgehead atoms. The monoisotopic (exact) mass is 452 g/mol. The fraction of sp³-hybridized carbons (Fsp3) is 0.300. The summed E-state index contributed by atoms with van der Waals surface area (Å²) in [6.07, 6.45) is -4.88. The number of carbonyl (C=O) groups excluding carboxylic acids is 2. The average Bonchev–Trinajstić information content (AvgIpc) is 2.77.